The molecule has 0 spiro atoms. The van der Waals surface area contributed by atoms with Crippen molar-refractivity contribution >= 4 is 27.7 Å². The SMILES string of the molecule is O=C(NCCC(=O)N1CCN(Cc2cccnc2)CC1)c1ccc(Br)cc1. The van der Waals surface area contributed by atoms with Crippen LogP contribution in [0.3, 0.4) is 0 Å². The van der Waals surface area contributed by atoms with E-state index < -0.39 is 0 Å². The standard InChI is InChI=1S/C20H23BrN4O2/c21-18-5-3-17(4-6-18)20(27)23-9-7-19(26)25-12-10-24(11-13-25)15-16-2-1-8-22-14-16/h1-6,8,14H,7,9-13,15H2,(H,23,27). The predicted octanol–water partition coefficient (Wildman–Crippen LogP) is 2.31. The topological polar surface area (TPSA) is 65.5 Å². The number of piperazine rings is 1. The highest BCUT2D eigenvalue weighted by atomic mass is 79.9. The van der Waals surface area contributed by atoms with Crippen molar-refractivity contribution in [2.24, 2.45) is 0 Å². The van der Waals surface area contributed by atoms with E-state index >= 15 is 0 Å². The number of amides is 2. The van der Waals surface area contributed by atoms with Gasteiger partial charge in [-0.15, -0.1) is 0 Å². The van der Waals surface area contributed by atoms with E-state index in [0.29, 0.717) is 18.5 Å². The second-order valence-electron chi connectivity index (χ2n) is 6.53. The minimum Gasteiger partial charge on any atom is -0.352 e. The fraction of sp³-hybridized carbons (Fsp3) is 0.350. The predicted molar refractivity (Wildman–Crippen MR) is 107 cm³/mol. The molecule has 0 saturated carbocycles. The maximum absolute atomic E-state index is 12.4. The molecule has 1 aromatic carbocycles. The van der Waals surface area contributed by atoms with Gasteiger partial charge in [0.05, 0.1) is 0 Å². The number of aromatic nitrogens is 1. The quantitative estimate of drug-likeness (QED) is 0.763. The number of hydrogen-bond donors (Lipinski definition) is 1. The molecule has 1 aromatic heterocycles. The zero-order chi connectivity index (χ0) is 19.1. The van der Waals surface area contributed by atoms with Crippen LogP contribution in [-0.4, -0.2) is 59.3 Å². The minimum absolute atomic E-state index is 0.0899. The molecule has 6 nitrogen and oxygen atoms in total. The summed E-state index contributed by atoms with van der Waals surface area (Å²) in [6.07, 6.45) is 3.98. The van der Waals surface area contributed by atoms with E-state index in [9.17, 15) is 9.59 Å². The Labute approximate surface area is 167 Å². The van der Waals surface area contributed by atoms with Gasteiger partial charge in [-0.05, 0) is 35.9 Å². The molecule has 2 amide bonds. The molecule has 1 aliphatic heterocycles. The first-order chi connectivity index (χ1) is 13.1. The lowest BCUT2D eigenvalue weighted by molar-refractivity contribution is -0.132. The molecular formula is C20H23BrN4O2. The van der Waals surface area contributed by atoms with Crippen LogP contribution in [0.4, 0.5) is 0 Å². The van der Waals surface area contributed by atoms with Gasteiger partial charge in [0.1, 0.15) is 0 Å². The lowest BCUT2D eigenvalue weighted by atomic mass is 10.2. The average molecular weight is 431 g/mol. The van der Waals surface area contributed by atoms with E-state index in [1.54, 1.807) is 18.3 Å². The molecule has 142 valence electrons. The molecule has 0 atom stereocenters. The number of carbonyl (C=O) groups is 2. The number of nitrogens with zero attached hydrogens (tertiary/aromatic N) is 3. The fourth-order valence-corrected chi connectivity index (χ4v) is 3.31. The first kappa shape index (κ1) is 19.5. The van der Waals surface area contributed by atoms with Crippen molar-refractivity contribution in [1.29, 1.82) is 0 Å². The van der Waals surface area contributed by atoms with Gasteiger partial charge in [-0.25, -0.2) is 0 Å². The van der Waals surface area contributed by atoms with Gasteiger partial charge in [0.2, 0.25) is 5.91 Å². The molecule has 27 heavy (non-hydrogen) atoms. The van der Waals surface area contributed by atoms with E-state index in [1.165, 1.54) is 5.56 Å². The summed E-state index contributed by atoms with van der Waals surface area (Å²) in [5.41, 5.74) is 1.78. The Morgan fingerprint density at radius 3 is 2.48 bits per heavy atom. The maximum Gasteiger partial charge on any atom is 0.251 e. The van der Waals surface area contributed by atoms with E-state index in [1.807, 2.05) is 29.3 Å². The highest BCUT2D eigenvalue weighted by molar-refractivity contribution is 9.10. The number of pyridine rings is 1. The second kappa shape index (κ2) is 9.62. The highest BCUT2D eigenvalue weighted by Gasteiger charge is 2.21. The molecule has 3 rings (SSSR count). The minimum atomic E-state index is -0.156. The van der Waals surface area contributed by atoms with Crippen LogP contribution >= 0.6 is 15.9 Å². The molecule has 1 aliphatic rings. The molecule has 0 unspecified atom stereocenters. The van der Waals surface area contributed by atoms with Crippen LogP contribution in [0, 0.1) is 0 Å². The second-order valence-corrected chi connectivity index (χ2v) is 7.45. The smallest absolute Gasteiger partial charge is 0.251 e. The van der Waals surface area contributed by atoms with Gasteiger partial charge in [0.15, 0.2) is 0 Å². The van der Waals surface area contributed by atoms with Gasteiger partial charge in [0, 0.05) is 68.1 Å². The van der Waals surface area contributed by atoms with E-state index in [2.05, 4.69) is 37.2 Å². The number of rotatable bonds is 6. The van der Waals surface area contributed by atoms with Crippen molar-refractivity contribution in [3.8, 4) is 0 Å². The Morgan fingerprint density at radius 1 is 1.07 bits per heavy atom. The zero-order valence-electron chi connectivity index (χ0n) is 15.1. The number of nitrogens with one attached hydrogen (secondary N) is 1. The summed E-state index contributed by atoms with van der Waals surface area (Å²) in [6.45, 7) is 4.36. The summed E-state index contributed by atoms with van der Waals surface area (Å²) in [6, 6.07) is 11.2. The van der Waals surface area contributed by atoms with Gasteiger partial charge < -0.3 is 10.2 Å². The van der Waals surface area contributed by atoms with Crippen molar-refractivity contribution < 1.29 is 9.59 Å². The van der Waals surface area contributed by atoms with Crippen LogP contribution in [0.15, 0.2) is 53.3 Å². The van der Waals surface area contributed by atoms with Gasteiger partial charge in [0.25, 0.3) is 5.91 Å². The summed E-state index contributed by atoms with van der Waals surface area (Å²) >= 11 is 3.34. The third kappa shape index (κ3) is 5.87. The molecular weight excluding hydrogens is 408 g/mol. The lowest BCUT2D eigenvalue weighted by Gasteiger charge is -2.34. The normalized spacial score (nSPS) is 14.8. The van der Waals surface area contributed by atoms with Crippen molar-refractivity contribution in [3.05, 3.63) is 64.4 Å². The Kier molecular flexibility index (Phi) is 6.95. The zero-order valence-corrected chi connectivity index (χ0v) is 16.7. The fourth-order valence-electron chi connectivity index (χ4n) is 3.05. The number of halogens is 1. The van der Waals surface area contributed by atoms with Crippen molar-refractivity contribution in [2.75, 3.05) is 32.7 Å². The molecule has 2 heterocycles. The highest BCUT2D eigenvalue weighted by Crippen LogP contribution is 2.11. The maximum atomic E-state index is 12.4. The third-order valence-corrected chi connectivity index (χ3v) is 5.11. The van der Waals surface area contributed by atoms with Crippen LogP contribution in [0.1, 0.15) is 22.3 Å². The average Bonchev–Trinajstić information content (AvgIpc) is 2.69. The monoisotopic (exact) mass is 430 g/mol. The molecule has 0 radical (unpaired) electrons. The first-order valence-corrected chi connectivity index (χ1v) is 9.84. The third-order valence-electron chi connectivity index (χ3n) is 4.58. The molecule has 1 saturated heterocycles. The lowest BCUT2D eigenvalue weighted by Crippen LogP contribution is -2.48. The molecule has 7 heteroatoms. The van der Waals surface area contributed by atoms with Crippen LogP contribution in [-0.2, 0) is 11.3 Å². The van der Waals surface area contributed by atoms with Gasteiger partial charge in [-0.1, -0.05) is 22.0 Å². The van der Waals surface area contributed by atoms with Crippen LogP contribution < -0.4 is 5.32 Å². The summed E-state index contributed by atoms with van der Waals surface area (Å²) in [5, 5.41) is 2.81. The first-order valence-electron chi connectivity index (χ1n) is 9.04. The van der Waals surface area contributed by atoms with Crippen molar-refractivity contribution in [3.63, 3.8) is 0 Å². The number of benzene rings is 1. The summed E-state index contributed by atoms with van der Waals surface area (Å²) < 4.78 is 0.928. The van der Waals surface area contributed by atoms with Crippen LogP contribution in [0.5, 0.6) is 0 Å². The van der Waals surface area contributed by atoms with E-state index in [-0.39, 0.29) is 11.8 Å². The van der Waals surface area contributed by atoms with E-state index in [0.717, 1.165) is 37.2 Å². The van der Waals surface area contributed by atoms with Gasteiger partial charge in [-0.2, -0.15) is 0 Å². The largest absolute Gasteiger partial charge is 0.352 e. The Bertz CT molecular complexity index is 759. The number of carbonyl (C=O) groups excluding carboxylic acids is 2. The Balaban J connectivity index is 1.37. The van der Waals surface area contributed by atoms with Crippen molar-refractivity contribution in [1.82, 2.24) is 20.1 Å². The molecule has 0 aliphatic carbocycles. The summed E-state index contributed by atoms with van der Waals surface area (Å²) in [4.78, 5) is 32.8. The van der Waals surface area contributed by atoms with E-state index in [4.69, 9.17) is 0 Å². The van der Waals surface area contributed by atoms with Crippen LogP contribution in [0.25, 0.3) is 0 Å². The van der Waals surface area contributed by atoms with Gasteiger partial charge >= 0.3 is 0 Å². The van der Waals surface area contributed by atoms with Gasteiger partial charge in [-0.3, -0.25) is 19.5 Å². The molecule has 1 N–H and O–H groups in total. The summed E-state index contributed by atoms with van der Waals surface area (Å²) in [5.74, 6) is -0.0660. The Morgan fingerprint density at radius 2 is 1.81 bits per heavy atom. The van der Waals surface area contributed by atoms with Crippen LogP contribution in [0.2, 0.25) is 0 Å². The molecule has 2 aromatic rings. The summed E-state index contributed by atoms with van der Waals surface area (Å²) in [7, 11) is 0. The molecule has 0 bridgehead atoms. The molecule has 1 fully saturated rings. The van der Waals surface area contributed by atoms with Crippen molar-refractivity contribution in [2.45, 2.75) is 13.0 Å². The number of hydrogen-bond acceptors (Lipinski definition) is 4. The Hall–Kier alpha value is -2.25.